The van der Waals surface area contributed by atoms with E-state index in [1.807, 2.05) is 0 Å². The summed E-state index contributed by atoms with van der Waals surface area (Å²) >= 11 is 0. The van der Waals surface area contributed by atoms with Crippen LogP contribution in [0.3, 0.4) is 0 Å². The summed E-state index contributed by atoms with van der Waals surface area (Å²) in [7, 11) is 1.41. The molecule has 0 aliphatic rings. The molecule has 1 aromatic heterocycles. The molecule has 0 spiro atoms. The molecule has 2 aromatic carbocycles. The van der Waals surface area contributed by atoms with Crippen LogP contribution in [0.15, 0.2) is 72.1 Å². The summed E-state index contributed by atoms with van der Waals surface area (Å²) in [4.78, 5) is 38.2. The molecule has 0 atom stereocenters. The maximum Gasteiger partial charge on any atom is 0.343 e. The van der Waals surface area contributed by atoms with Gasteiger partial charge in [0, 0.05) is 30.1 Å². The number of nitro groups is 1. The number of hydrogen-bond acceptors (Lipinski definition) is 8. The van der Waals surface area contributed by atoms with Gasteiger partial charge in [-0.25, -0.2) is 10.2 Å². The van der Waals surface area contributed by atoms with Crippen LogP contribution in [0.25, 0.3) is 0 Å². The highest BCUT2D eigenvalue weighted by Crippen LogP contribution is 2.28. The van der Waals surface area contributed by atoms with E-state index in [0.29, 0.717) is 11.1 Å². The Bertz CT molecular complexity index is 1130. The Kier molecular flexibility index (Phi) is 6.64. The maximum atomic E-state index is 12.3. The average molecular weight is 420 g/mol. The summed E-state index contributed by atoms with van der Waals surface area (Å²) in [6.45, 7) is 0. The highest BCUT2D eigenvalue weighted by molar-refractivity contribution is 5.95. The van der Waals surface area contributed by atoms with E-state index in [-0.39, 0.29) is 28.7 Å². The number of amides is 1. The van der Waals surface area contributed by atoms with Crippen LogP contribution in [0.4, 0.5) is 5.69 Å². The van der Waals surface area contributed by atoms with E-state index in [1.165, 1.54) is 56.0 Å². The van der Waals surface area contributed by atoms with Crippen molar-refractivity contribution in [2.24, 2.45) is 5.10 Å². The summed E-state index contributed by atoms with van der Waals surface area (Å²) < 4.78 is 10.6. The van der Waals surface area contributed by atoms with E-state index in [2.05, 4.69) is 15.5 Å². The van der Waals surface area contributed by atoms with Crippen molar-refractivity contribution >= 4 is 23.8 Å². The molecule has 1 amide bonds. The lowest BCUT2D eigenvalue weighted by molar-refractivity contribution is -0.384. The molecule has 3 aromatic rings. The first-order valence-corrected chi connectivity index (χ1v) is 8.86. The summed E-state index contributed by atoms with van der Waals surface area (Å²) in [5, 5.41) is 14.6. The van der Waals surface area contributed by atoms with E-state index in [0.717, 1.165) is 0 Å². The molecule has 0 radical (unpaired) electrons. The number of benzene rings is 2. The zero-order valence-electron chi connectivity index (χ0n) is 16.2. The number of hydrazone groups is 1. The Balaban J connectivity index is 1.67. The zero-order chi connectivity index (χ0) is 22.2. The Morgan fingerprint density at radius 1 is 1.03 bits per heavy atom. The number of hydrogen-bond donors (Lipinski definition) is 1. The highest BCUT2D eigenvalue weighted by Gasteiger charge is 2.14. The molecule has 10 nitrogen and oxygen atoms in total. The van der Waals surface area contributed by atoms with Gasteiger partial charge >= 0.3 is 5.97 Å². The quantitative estimate of drug-likeness (QED) is 0.204. The van der Waals surface area contributed by atoms with Crippen LogP contribution < -0.4 is 14.9 Å². The van der Waals surface area contributed by atoms with Crippen LogP contribution in [0, 0.1) is 10.1 Å². The lowest BCUT2D eigenvalue weighted by Crippen LogP contribution is -2.17. The van der Waals surface area contributed by atoms with E-state index in [1.54, 1.807) is 24.3 Å². The number of pyridine rings is 1. The number of non-ortho nitro benzene ring substituents is 1. The van der Waals surface area contributed by atoms with Crippen molar-refractivity contribution in [3.05, 3.63) is 93.8 Å². The van der Waals surface area contributed by atoms with Crippen LogP contribution in [0.1, 0.15) is 26.3 Å². The van der Waals surface area contributed by atoms with Gasteiger partial charge < -0.3 is 9.47 Å². The predicted octanol–water partition coefficient (Wildman–Crippen LogP) is 2.98. The summed E-state index contributed by atoms with van der Waals surface area (Å²) in [6.07, 6.45) is 4.41. The number of esters is 1. The zero-order valence-corrected chi connectivity index (χ0v) is 16.2. The normalized spacial score (nSPS) is 10.5. The van der Waals surface area contributed by atoms with Gasteiger partial charge in [0.1, 0.15) is 0 Å². The van der Waals surface area contributed by atoms with E-state index in [9.17, 15) is 19.7 Å². The second-order valence-corrected chi connectivity index (χ2v) is 6.04. The van der Waals surface area contributed by atoms with Crippen LogP contribution in [-0.4, -0.2) is 35.1 Å². The van der Waals surface area contributed by atoms with E-state index >= 15 is 0 Å². The third kappa shape index (κ3) is 5.48. The number of ether oxygens (including phenoxy) is 2. The molecule has 3 rings (SSSR count). The molecule has 1 heterocycles. The summed E-state index contributed by atoms with van der Waals surface area (Å²) in [5.41, 5.74) is 3.41. The van der Waals surface area contributed by atoms with Crippen molar-refractivity contribution < 1.29 is 24.0 Å². The number of rotatable bonds is 7. The Labute approximate surface area is 176 Å². The van der Waals surface area contributed by atoms with E-state index in [4.69, 9.17) is 9.47 Å². The van der Waals surface area contributed by atoms with Gasteiger partial charge in [0.2, 0.25) is 0 Å². The van der Waals surface area contributed by atoms with Gasteiger partial charge in [-0.2, -0.15) is 5.10 Å². The van der Waals surface area contributed by atoms with E-state index < -0.39 is 10.9 Å². The lowest BCUT2D eigenvalue weighted by atomic mass is 10.2. The minimum absolute atomic E-state index is 0.131. The average Bonchev–Trinajstić information content (AvgIpc) is 2.80. The molecule has 1 N–H and O–H groups in total. The SMILES string of the molecule is COc1cc(/C=N/NC(=O)c2ccncc2)ccc1OC(=O)c1ccc([N+](=O)[O-])cc1. The van der Waals surface area contributed by atoms with Gasteiger partial charge in [0.05, 0.1) is 23.8 Å². The molecule has 0 fully saturated rings. The van der Waals surface area contributed by atoms with Crippen LogP contribution in [0.2, 0.25) is 0 Å². The topological polar surface area (TPSA) is 133 Å². The van der Waals surface area contributed by atoms with Crippen molar-refractivity contribution in [1.82, 2.24) is 10.4 Å². The molecule has 0 bridgehead atoms. The molecule has 31 heavy (non-hydrogen) atoms. The fourth-order valence-corrected chi connectivity index (χ4v) is 2.46. The van der Waals surface area contributed by atoms with Gasteiger partial charge in [-0.15, -0.1) is 0 Å². The van der Waals surface area contributed by atoms with Crippen molar-refractivity contribution in [2.45, 2.75) is 0 Å². The fraction of sp³-hybridized carbons (Fsp3) is 0.0476. The maximum absolute atomic E-state index is 12.3. The van der Waals surface area contributed by atoms with Gasteiger partial charge in [0.25, 0.3) is 11.6 Å². The monoisotopic (exact) mass is 420 g/mol. The molecular formula is C21H16N4O6. The van der Waals surface area contributed by atoms with Crippen molar-refractivity contribution in [2.75, 3.05) is 7.11 Å². The second-order valence-electron chi connectivity index (χ2n) is 6.04. The Morgan fingerprint density at radius 2 is 1.74 bits per heavy atom. The van der Waals surface area contributed by atoms with Crippen molar-refractivity contribution in [3.63, 3.8) is 0 Å². The molecular weight excluding hydrogens is 404 g/mol. The number of carbonyl (C=O) groups is 2. The smallest absolute Gasteiger partial charge is 0.343 e. The van der Waals surface area contributed by atoms with Gasteiger partial charge in [-0.05, 0) is 48.0 Å². The predicted molar refractivity (Wildman–Crippen MR) is 110 cm³/mol. The minimum atomic E-state index is -0.695. The number of methoxy groups -OCH3 is 1. The molecule has 156 valence electrons. The number of nitrogens with zero attached hydrogens (tertiary/aromatic N) is 3. The summed E-state index contributed by atoms with van der Waals surface area (Å²) in [6, 6.07) is 12.8. The Morgan fingerprint density at radius 3 is 2.39 bits per heavy atom. The molecule has 0 aliphatic carbocycles. The fourth-order valence-electron chi connectivity index (χ4n) is 2.46. The third-order valence-electron chi connectivity index (χ3n) is 4.03. The largest absolute Gasteiger partial charge is 0.493 e. The first-order chi connectivity index (χ1) is 15.0. The van der Waals surface area contributed by atoms with Crippen LogP contribution in [-0.2, 0) is 0 Å². The number of aromatic nitrogens is 1. The van der Waals surface area contributed by atoms with Gasteiger partial charge in [-0.1, -0.05) is 0 Å². The second kappa shape index (κ2) is 9.74. The minimum Gasteiger partial charge on any atom is -0.493 e. The standard InChI is InChI=1S/C21H16N4O6/c1-30-19-12-14(13-23-24-20(26)15-8-10-22-11-9-15)2-7-18(19)31-21(27)16-3-5-17(6-4-16)25(28)29/h2-13H,1H3,(H,24,26)/b23-13+. The number of nitro benzene ring substituents is 1. The van der Waals surface area contributed by atoms with Crippen LogP contribution >= 0.6 is 0 Å². The molecule has 0 aliphatic heterocycles. The first-order valence-electron chi connectivity index (χ1n) is 8.86. The molecule has 0 saturated carbocycles. The lowest BCUT2D eigenvalue weighted by Gasteiger charge is -2.10. The first kappa shape index (κ1) is 21.1. The van der Waals surface area contributed by atoms with Gasteiger partial charge in [-0.3, -0.25) is 19.9 Å². The van der Waals surface area contributed by atoms with Crippen molar-refractivity contribution in [1.29, 1.82) is 0 Å². The third-order valence-corrected chi connectivity index (χ3v) is 4.03. The molecule has 0 unspecified atom stereocenters. The highest BCUT2D eigenvalue weighted by atomic mass is 16.6. The number of carbonyl (C=O) groups excluding carboxylic acids is 2. The summed E-state index contributed by atoms with van der Waals surface area (Å²) in [5.74, 6) is -0.665. The molecule has 10 heteroatoms. The van der Waals surface area contributed by atoms with Crippen LogP contribution in [0.5, 0.6) is 11.5 Å². The Hall–Kier alpha value is -4.60. The number of nitrogens with one attached hydrogen (secondary N) is 1. The van der Waals surface area contributed by atoms with Gasteiger partial charge in [0.15, 0.2) is 11.5 Å². The molecule has 0 saturated heterocycles. The van der Waals surface area contributed by atoms with Crippen molar-refractivity contribution in [3.8, 4) is 11.5 Å².